The highest BCUT2D eigenvalue weighted by Gasteiger charge is 2.13. The minimum Gasteiger partial charge on any atom is -0.380 e. The Morgan fingerprint density at radius 1 is 1.14 bits per heavy atom. The first-order valence-electron chi connectivity index (χ1n) is 8.93. The van der Waals surface area contributed by atoms with Crippen LogP contribution in [0.2, 0.25) is 0 Å². The Balaban J connectivity index is 1.66. The van der Waals surface area contributed by atoms with Gasteiger partial charge in [-0.3, -0.25) is 4.57 Å². The third-order valence-electron chi connectivity index (χ3n) is 4.53. The van der Waals surface area contributed by atoms with Gasteiger partial charge in [-0.25, -0.2) is 4.39 Å². The highest BCUT2D eigenvalue weighted by Crippen LogP contribution is 2.26. The molecule has 0 aliphatic heterocycles. The number of aromatic nitrogens is 4. The molecule has 0 radical (unpaired) electrons. The van der Waals surface area contributed by atoms with E-state index in [0.29, 0.717) is 24.9 Å². The summed E-state index contributed by atoms with van der Waals surface area (Å²) in [7, 11) is 1.68. The molecule has 0 unspecified atom stereocenters. The molecule has 0 fully saturated rings. The summed E-state index contributed by atoms with van der Waals surface area (Å²) in [5.74, 6) is 0.789. The van der Waals surface area contributed by atoms with E-state index in [0.717, 1.165) is 27.7 Å². The van der Waals surface area contributed by atoms with Crippen molar-refractivity contribution in [1.29, 1.82) is 0 Å². The molecule has 6 nitrogen and oxygen atoms in total. The van der Waals surface area contributed by atoms with Crippen LogP contribution in [0.3, 0.4) is 0 Å². The molecule has 142 valence electrons. The first-order chi connectivity index (χ1) is 13.7. The Morgan fingerprint density at radius 2 is 2.00 bits per heavy atom. The third-order valence-corrected chi connectivity index (χ3v) is 4.53. The van der Waals surface area contributed by atoms with E-state index in [1.54, 1.807) is 19.4 Å². The molecular formula is C21H20FN5O. The molecule has 0 atom stereocenters. The number of methoxy groups -OCH3 is 1. The molecule has 2 heterocycles. The molecule has 0 aliphatic rings. The van der Waals surface area contributed by atoms with Crippen LogP contribution >= 0.6 is 0 Å². The molecule has 0 aliphatic carbocycles. The Bertz CT molecular complexity index is 1120. The van der Waals surface area contributed by atoms with Crippen LogP contribution in [0.25, 0.3) is 16.9 Å². The third kappa shape index (κ3) is 3.57. The molecule has 4 rings (SSSR count). The number of hydrogen-bond acceptors (Lipinski definition) is 5. The van der Waals surface area contributed by atoms with Crippen LogP contribution in [0.15, 0.2) is 54.7 Å². The minimum absolute atomic E-state index is 0.262. The SMILES string of the molecule is COCc1cccc2c1cc(C)n2-c1nncc(NCc2cccc(F)c2)n1. The molecular weight excluding hydrogens is 357 g/mol. The van der Waals surface area contributed by atoms with Gasteiger partial charge in [-0.1, -0.05) is 24.3 Å². The second-order valence-electron chi connectivity index (χ2n) is 6.53. The normalized spacial score (nSPS) is 11.1. The fourth-order valence-electron chi connectivity index (χ4n) is 3.28. The van der Waals surface area contributed by atoms with Crippen LogP contribution < -0.4 is 5.32 Å². The number of nitrogens with one attached hydrogen (secondary N) is 1. The van der Waals surface area contributed by atoms with E-state index in [4.69, 9.17) is 4.74 Å². The molecule has 0 amide bonds. The lowest BCUT2D eigenvalue weighted by molar-refractivity contribution is 0.186. The largest absolute Gasteiger partial charge is 0.380 e. The summed E-state index contributed by atoms with van der Waals surface area (Å²) >= 11 is 0. The van der Waals surface area contributed by atoms with E-state index < -0.39 is 0 Å². The number of ether oxygens (including phenoxy) is 1. The van der Waals surface area contributed by atoms with E-state index in [1.807, 2.05) is 35.8 Å². The van der Waals surface area contributed by atoms with Crippen molar-refractivity contribution in [2.24, 2.45) is 0 Å². The van der Waals surface area contributed by atoms with Crippen molar-refractivity contribution in [3.05, 3.63) is 77.4 Å². The number of rotatable bonds is 6. The zero-order valence-corrected chi connectivity index (χ0v) is 15.7. The van der Waals surface area contributed by atoms with E-state index in [9.17, 15) is 4.39 Å². The number of nitrogens with zero attached hydrogens (tertiary/aromatic N) is 4. The van der Waals surface area contributed by atoms with Gasteiger partial charge in [-0.05, 0) is 42.3 Å². The number of aryl methyl sites for hydroxylation is 1. The molecule has 0 spiro atoms. The minimum atomic E-state index is -0.262. The van der Waals surface area contributed by atoms with Crippen molar-refractivity contribution in [3.8, 4) is 5.95 Å². The van der Waals surface area contributed by atoms with Crippen LogP contribution in [0.4, 0.5) is 10.2 Å². The summed E-state index contributed by atoms with van der Waals surface area (Å²) in [6, 6.07) is 14.6. The van der Waals surface area contributed by atoms with Gasteiger partial charge < -0.3 is 10.1 Å². The molecule has 1 N–H and O–H groups in total. The summed E-state index contributed by atoms with van der Waals surface area (Å²) < 4.78 is 20.6. The number of halogens is 1. The van der Waals surface area contributed by atoms with Gasteiger partial charge in [0.05, 0.1) is 18.3 Å². The van der Waals surface area contributed by atoms with Crippen LogP contribution in [0, 0.1) is 12.7 Å². The van der Waals surface area contributed by atoms with E-state index in [2.05, 4.69) is 26.6 Å². The van der Waals surface area contributed by atoms with Crippen molar-refractivity contribution in [2.45, 2.75) is 20.1 Å². The van der Waals surface area contributed by atoms with Crippen LogP contribution in [-0.4, -0.2) is 26.9 Å². The quantitative estimate of drug-likeness (QED) is 0.550. The lowest BCUT2D eigenvalue weighted by Gasteiger charge is -2.09. The van der Waals surface area contributed by atoms with Gasteiger partial charge in [-0.2, -0.15) is 10.1 Å². The summed E-state index contributed by atoms with van der Waals surface area (Å²) in [6.45, 7) is 2.99. The van der Waals surface area contributed by atoms with Gasteiger partial charge in [0.15, 0.2) is 5.82 Å². The average molecular weight is 377 g/mol. The highest BCUT2D eigenvalue weighted by atomic mass is 19.1. The Labute approximate surface area is 162 Å². The smallest absolute Gasteiger partial charge is 0.256 e. The first kappa shape index (κ1) is 18.1. The van der Waals surface area contributed by atoms with Crippen molar-refractivity contribution in [1.82, 2.24) is 19.7 Å². The van der Waals surface area contributed by atoms with Gasteiger partial charge in [-0.15, -0.1) is 5.10 Å². The number of fused-ring (bicyclic) bond motifs is 1. The molecule has 28 heavy (non-hydrogen) atoms. The fourth-order valence-corrected chi connectivity index (χ4v) is 3.28. The lowest BCUT2D eigenvalue weighted by Crippen LogP contribution is -2.08. The maximum absolute atomic E-state index is 13.3. The van der Waals surface area contributed by atoms with E-state index >= 15 is 0 Å². The van der Waals surface area contributed by atoms with E-state index in [1.165, 1.54) is 12.1 Å². The second-order valence-corrected chi connectivity index (χ2v) is 6.53. The van der Waals surface area contributed by atoms with Gasteiger partial charge in [0.25, 0.3) is 5.95 Å². The molecule has 2 aromatic heterocycles. The van der Waals surface area contributed by atoms with Crippen molar-refractivity contribution in [3.63, 3.8) is 0 Å². The lowest BCUT2D eigenvalue weighted by atomic mass is 10.1. The Morgan fingerprint density at radius 3 is 2.82 bits per heavy atom. The van der Waals surface area contributed by atoms with Gasteiger partial charge in [0, 0.05) is 24.7 Å². The number of benzene rings is 2. The summed E-state index contributed by atoms with van der Waals surface area (Å²) in [5.41, 5.74) is 3.93. The number of anilines is 1. The van der Waals surface area contributed by atoms with Crippen LogP contribution in [0.1, 0.15) is 16.8 Å². The van der Waals surface area contributed by atoms with Gasteiger partial charge >= 0.3 is 0 Å². The summed E-state index contributed by atoms with van der Waals surface area (Å²) in [5, 5.41) is 12.6. The van der Waals surface area contributed by atoms with Crippen LogP contribution in [0.5, 0.6) is 0 Å². The standard InChI is InChI=1S/C21H20FN5O/c1-14-9-18-16(13-28-2)6-4-8-19(18)27(14)21-25-20(12-24-26-21)23-11-15-5-3-7-17(22)10-15/h3-10,12H,11,13H2,1-2H3,(H,23,25,26). The molecule has 2 aromatic carbocycles. The monoisotopic (exact) mass is 377 g/mol. The van der Waals surface area contributed by atoms with Crippen molar-refractivity contribution < 1.29 is 9.13 Å². The van der Waals surface area contributed by atoms with Gasteiger partial charge in [0.1, 0.15) is 5.82 Å². The second kappa shape index (κ2) is 7.74. The molecule has 0 bridgehead atoms. The Kier molecular flexibility index (Phi) is 4.99. The van der Waals surface area contributed by atoms with Gasteiger partial charge in [0.2, 0.25) is 0 Å². The summed E-state index contributed by atoms with van der Waals surface area (Å²) in [4.78, 5) is 4.59. The molecule has 0 saturated carbocycles. The maximum Gasteiger partial charge on any atom is 0.256 e. The average Bonchev–Trinajstić information content (AvgIpc) is 3.04. The molecule has 0 saturated heterocycles. The highest BCUT2D eigenvalue weighted by molar-refractivity contribution is 5.86. The van der Waals surface area contributed by atoms with Crippen LogP contribution in [-0.2, 0) is 17.9 Å². The Hall–Kier alpha value is -3.32. The topological polar surface area (TPSA) is 64.9 Å². The zero-order valence-electron chi connectivity index (χ0n) is 15.7. The summed E-state index contributed by atoms with van der Waals surface area (Å²) in [6.07, 6.45) is 1.56. The fraction of sp³-hybridized carbons (Fsp3) is 0.190. The predicted molar refractivity (Wildman–Crippen MR) is 106 cm³/mol. The zero-order chi connectivity index (χ0) is 19.5. The number of hydrogen-bond donors (Lipinski definition) is 1. The predicted octanol–water partition coefficient (Wildman–Crippen LogP) is 4.02. The van der Waals surface area contributed by atoms with Crippen molar-refractivity contribution in [2.75, 3.05) is 12.4 Å². The molecule has 7 heteroatoms. The molecule has 4 aromatic rings. The van der Waals surface area contributed by atoms with E-state index in [-0.39, 0.29) is 5.82 Å². The van der Waals surface area contributed by atoms with Crippen molar-refractivity contribution >= 4 is 16.7 Å². The maximum atomic E-state index is 13.3. The first-order valence-corrected chi connectivity index (χ1v) is 8.93.